The highest BCUT2D eigenvalue weighted by Gasteiger charge is 2.13. The molecule has 0 aliphatic rings. The van der Waals surface area contributed by atoms with Gasteiger partial charge in [-0.25, -0.2) is 0 Å². The molecule has 0 N–H and O–H groups in total. The van der Waals surface area contributed by atoms with Gasteiger partial charge >= 0.3 is 0 Å². The highest BCUT2D eigenvalue weighted by atomic mass is 16.3. The second-order valence-corrected chi connectivity index (χ2v) is 3.59. The van der Waals surface area contributed by atoms with E-state index < -0.39 is 0 Å². The van der Waals surface area contributed by atoms with E-state index in [1.54, 1.807) is 6.92 Å². The van der Waals surface area contributed by atoms with Crippen LogP contribution in [-0.4, -0.2) is 5.78 Å². The van der Waals surface area contributed by atoms with Crippen molar-refractivity contribution in [2.75, 3.05) is 0 Å². The van der Waals surface area contributed by atoms with Gasteiger partial charge in [0, 0.05) is 5.39 Å². The van der Waals surface area contributed by atoms with Crippen LogP contribution in [0.3, 0.4) is 0 Å². The average Bonchev–Trinajstić information content (AvgIpc) is 2.39. The smallest absolute Gasteiger partial charge is 0.163 e. The summed E-state index contributed by atoms with van der Waals surface area (Å²) in [6.07, 6.45) is 0. The number of carbonyl (C=O) groups excluding carboxylic acids is 1. The summed E-state index contributed by atoms with van der Waals surface area (Å²) in [7, 11) is 0. The topological polar surface area (TPSA) is 30.2 Å². The van der Waals surface area contributed by atoms with E-state index in [1.165, 1.54) is 0 Å². The number of hydrogen-bond acceptors (Lipinski definition) is 2. The highest BCUT2D eigenvalue weighted by Crippen LogP contribution is 2.26. The lowest BCUT2D eigenvalue weighted by Crippen LogP contribution is -1.91. The summed E-state index contributed by atoms with van der Waals surface area (Å²) in [5.41, 5.74) is 2.65. The van der Waals surface area contributed by atoms with Gasteiger partial charge in [0.15, 0.2) is 5.78 Å². The lowest BCUT2D eigenvalue weighted by Gasteiger charge is -1.93. The summed E-state index contributed by atoms with van der Waals surface area (Å²) in [6.45, 7) is 5.40. The van der Waals surface area contributed by atoms with Gasteiger partial charge in [-0.05, 0) is 32.4 Å². The van der Waals surface area contributed by atoms with E-state index in [1.807, 2.05) is 32.0 Å². The number of ketones is 1. The van der Waals surface area contributed by atoms with Crippen LogP contribution < -0.4 is 0 Å². The monoisotopic (exact) mass is 188 g/mol. The first-order valence-electron chi connectivity index (χ1n) is 4.60. The third kappa shape index (κ3) is 1.23. The predicted molar refractivity (Wildman–Crippen MR) is 55.7 cm³/mol. The van der Waals surface area contributed by atoms with Crippen LogP contribution in [-0.2, 0) is 0 Å². The molecule has 2 rings (SSSR count). The van der Waals surface area contributed by atoms with Gasteiger partial charge in [-0.3, -0.25) is 4.79 Å². The molecule has 0 amide bonds. The lowest BCUT2D eigenvalue weighted by atomic mass is 10.1. The molecule has 0 saturated heterocycles. The van der Waals surface area contributed by atoms with Gasteiger partial charge in [0.1, 0.15) is 11.3 Å². The van der Waals surface area contributed by atoms with Gasteiger partial charge in [0.2, 0.25) is 0 Å². The maximum atomic E-state index is 11.4. The van der Waals surface area contributed by atoms with E-state index in [0.29, 0.717) is 11.3 Å². The number of rotatable bonds is 1. The summed E-state index contributed by atoms with van der Waals surface area (Å²) >= 11 is 0. The molecule has 0 radical (unpaired) electrons. The van der Waals surface area contributed by atoms with Crippen LogP contribution in [0.2, 0.25) is 0 Å². The van der Waals surface area contributed by atoms with Gasteiger partial charge in [-0.1, -0.05) is 12.1 Å². The van der Waals surface area contributed by atoms with Crippen LogP contribution in [0, 0.1) is 13.8 Å². The van der Waals surface area contributed by atoms with Crippen LogP contribution in [0.1, 0.15) is 28.6 Å². The molecule has 14 heavy (non-hydrogen) atoms. The van der Waals surface area contributed by atoms with Crippen LogP contribution >= 0.6 is 0 Å². The van der Waals surface area contributed by atoms with E-state index in [2.05, 4.69) is 0 Å². The maximum absolute atomic E-state index is 11.4. The molecule has 2 heteroatoms. The van der Waals surface area contributed by atoms with E-state index in [9.17, 15) is 4.79 Å². The molecule has 0 aliphatic heterocycles. The third-order valence-corrected chi connectivity index (χ3v) is 2.37. The Morgan fingerprint density at radius 3 is 2.64 bits per heavy atom. The van der Waals surface area contributed by atoms with Gasteiger partial charge in [-0.2, -0.15) is 0 Å². The zero-order valence-electron chi connectivity index (χ0n) is 8.55. The zero-order chi connectivity index (χ0) is 10.3. The van der Waals surface area contributed by atoms with Crippen LogP contribution in [0.15, 0.2) is 22.6 Å². The van der Waals surface area contributed by atoms with Gasteiger partial charge in [0.05, 0.1) is 5.56 Å². The molecule has 0 aliphatic carbocycles. The van der Waals surface area contributed by atoms with Crippen molar-refractivity contribution in [1.82, 2.24) is 0 Å². The molecular weight excluding hydrogens is 176 g/mol. The molecule has 2 aromatic rings. The van der Waals surface area contributed by atoms with Crippen LogP contribution in [0.5, 0.6) is 0 Å². The zero-order valence-corrected chi connectivity index (χ0v) is 8.55. The van der Waals surface area contributed by atoms with Crippen molar-refractivity contribution in [3.05, 3.63) is 35.1 Å². The Bertz CT molecular complexity index is 506. The first-order valence-corrected chi connectivity index (χ1v) is 4.60. The first kappa shape index (κ1) is 9.00. The Kier molecular flexibility index (Phi) is 1.92. The minimum atomic E-state index is 0.0603. The quantitative estimate of drug-likeness (QED) is 0.643. The number of furan rings is 1. The normalized spacial score (nSPS) is 10.8. The molecule has 1 heterocycles. The van der Waals surface area contributed by atoms with Gasteiger partial charge < -0.3 is 4.42 Å². The number of aryl methyl sites for hydroxylation is 2. The number of carbonyl (C=O) groups is 1. The van der Waals surface area contributed by atoms with Crippen molar-refractivity contribution in [2.24, 2.45) is 0 Å². The van der Waals surface area contributed by atoms with Crippen molar-refractivity contribution >= 4 is 16.8 Å². The second kappa shape index (κ2) is 2.98. The number of fused-ring (bicyclic) bond motifs is 1. The molecule has 0 spiro atoms. The van der Waals surface area contributed by atoms with Crippen molar-refractivity contribution < 1.29 is 9.21 Å². The average molecular weight is 188 g/mol. The molecule has 0 saturated carbocycles. The fraction of sp³-hybridized carbons (Fsp3) is 0.250. The fourth-order valence-electron chi connectivity index (χ4n) is 1.76. The largest absolute Gasteiger partial charge is 0.461 e. The summed E-state index contributed by atoms with van der Waals surface area (Å²) in [4.78, 5) is 11.4. The van der Waals surface area contributed by atoms with E-state index in [0.717, 1.165) is 16.5 Å². The molecule has 0 bridgehead atoms. The number of benzene rings is 1. The van der Waals surface area contributed by atoms with Crippen molar-refractivity contribution in [2.45, 2.75) is 20.8 Å². The van der Waals surface area contributed by atoms with Crippen LogP contribution in [0.25, 0.3) is 11.0 Å². The molecule has 72 valence electrons. The van der Waals surface area contributed by atoms with E-state index >= 15 is 0 Å². The predicted octanol–water partition coefficient (Wildman–Crippen LogP) is 3.25. The summed E-state index contributed by atoms with van der Waals surface area (Å²) < 4.78 is 5.52. The van der Waals surface area contributed by atoms with E-state index in [4.69, 9.17) is 4.42 Å². The second-order valence-electron chi connectivity index (χ2n) is 3.59. The minimum Gasteiger partial charge on any atom is -0.461 e. The summed E-state index contributed by atoms with van der Waals surface area (Å²) in [6, 6.07) is 5.89. The SMILES string of the molecule is CC(=O)c1c(C)oc2cc(C)ccc12. The number of Topliss-reactive ketones (excluding diaryl/α,β-unsaturated/α-hetero) is 1. The van der Waals surface area contributed by atoms with Crippen molar-refractivity contribution in [1.29, 1.82) is 0 Å². The Balaban J connectivity index is 2.84. The minimum absolute atomic E-state index is 0.0603. The molecule has 0 unspecified atom stereocenters. The molecule has 1 aromatic carbocycles. The van der Waals surface area contributed by atoms with Gasteiger partial charge in [0.25, 0.3) is 0 Å². The third-order valence-electron chi connectivity index (χ3n) is 2.37. The Hall–Kier alpha value is -1.57. The Labute approximate surface area is 82.5 Å². The van der Waals surface area contributed by atoms with Crippen molar-refractivity contribution in [3.8, 4) is 0 Å². The Morgan fingerprint density at radius 2 is 2.00 bits per heavy atom. The molecule has 0 fully saturated rings. The van der Waals surface area contributed by atoms with Gasteiger partial charge in [-0.15, -0.1) is 0 Å². The summed E-state index contributed by atoms with van der Waals surface area (Å²) in [5.74, 6) is 0.767. The molecule has 0 atom stereocenters. The standard InChI is InChI=1S/C12H12O2/c1-7-4-5-10-11(6-7)14-9(3)12(10)8(2)13/h4-6H,1-3H3. The molecule has 2 nitrogen and oxygen atoms in total. The molecule has 1 aromatic heterocycles. The maximum Gasteiger partial charge on any atom is 0.163 e. The van der Waals surface area contributed by atoms with E-state index in [-0.39, 0.29) is 5.78 Å². The fourth-order valence-corrected chi connectivity index (χ4v) is 1.76. The Morgan fingerprint density at radius 1 is 1.29 bits per heavy atom. The van der Waals surface area contributed by atoms with Crippen molar-refractivity contribution in [3.63, 3.8) is 0 Å². The highest BCUT2D eigenvalue weighted by molar-refractivity contribution is 6.07. The summed E-state index contributed by atoms with van der Waals surface area (Å²) in [5, 5.41) is 0.917. The van der Waals surface area contributed by atoms with Crippen LogP contribution in [0.4, 0.5) is 0 Å². The molecular formula is C12H12O2. The number of hydrogen-bond donors (Lipinski definition) is 0. The lowest BCUT2D eigenvalue weighted by molar-refractivity contribution is 0.101. The first-order chi connectivity index (χ1) is 6.59.